The van der Waals surface area contributed by atoms with Crippen molar-refractivity contribution in [3.63, 3.8) is 0 Å². The van der Waals surface area contributed by atoms with E-state index < -0.39 is 6.04 Å². The molecule has 4 N–H and O–H groups in total. The molecule has 0 spiro atoms. The molecule has 1 unspecified atom stereocenters. The Morgan fingerprint density at radius 2 is 2.33 bits per heavy atom. The third-order valence-corrected chi connectivity index (χ3v) is 2.10. The van der Waals surface area contributed by atoms with Gasteiger partial charge in [-0.2, -0.15) is 4.98 Å². The molecule has 0 aromatic carbocycles. The van der Waals surface area contributed by atoms with Gasteiger partial charge >= 0.3 is 0 Å². The number of H-pyrrole nitrogens is 1. The van der Waals surface area contributed by atoms with Gasteiger partial charge in [0, 0.05) is 6.07 Å². The maximum Gasteiger partial charge on any atom is 0.215 e. The Hall–Kier alpha value is -1.66. The van der Waals surface area contributed by atoms with Crippen molar-refractivity contribution < 1.29 is 9.84 Å². The summed E-state index contributed by atoms with van der Waals surface area (Å²) in [4.78, 5) is 11.3. The molecule has 0 aliphatic rings. The van der Waals surface area contributed by atoms with Crippen LogP contribution in [0, 0.1) is 0 Å². The summed E-state index contributed by atoms with van der Waals surface area (Å²) in [7, 11) is 1.54. The second kappa shape index (κ2) is 3.84. The Bertz CT molecular complexity index is 468. The average molecular weight is 208 g/mol. The van der Waals surface area contributed by atoms with Gasteiger partial charge in [-0.15, -0.1) is 0 Å². The summed E-state index contributed by atoms with van der Waals surface area (Å²) in [6.45, 7) is -0.156. The highest BCUT2D eigenvalue weighted by Gasteiger charge is 2.11. The summed E-state index contributed by atoms with van der Waals surface area (Å²) >= 11 is 0. The fraction of sp³-hybridized carbons (Fsp3) is 0.333. The molecule has 2 aromatic rings. The topological polar surface area (TPSA) is 97.0 Å². The van der Waals surface area contributed by atoms with Crippen molar-refractivity contribution in [1.29, 1.82) is 0 Å². The molecule has 1 atom stereocenters. The Kier molecular flexibility index (Phi) is 2.53. The molecule has 0 saturated carbocycles. The van der Waals surface area contributed by atoms with Gasteiger partial charge in [0.1, 0.15) is 5.82 Å². The Labute approximate surface area is 86.1 Å². The molecule has 0 fully saturated rings. The number of fused-ring (bicyclic) bond motifs is 1. The number of ether oxygens (including phenoxy) is 1. The summed E-state index contributed by atoms with van der Waals surface area (Å²) in [5.74, 6) is 1.02. The number of aromatic nitrogens is 3. The van der Waals surface area contributed by atoms with Crippen LogP contribution in [0.3, 0.4) is 0 Å². The molecule has 15 heavy (non-hydrogen) atoms. The van der Waals surface area contributed by atoms with Crippen LogP contribution in [0.4, 0.5) is 0 Å². The third kappa shape index (κ3) is 1.77. The molecule has 80 valence electrons. The highest BCUT2D eigenvalue weighted by atomic mass is 16.5. The first-order valence-corrected chi connectivity index (χ1v) is 4.51. The van der Waals surface area contributed by atoms with Crippen molar-refractivity contribution in [3.8, 4) is 5.88 Å². The van der Waals surface area contributed by atoms with Gasteiger partial charge in [0.05, 0.1) is 25.3 Å². The van der Waals surface area contributed by atoms with E-state index in [1.165, 1.54) is 0 Å². The second-order valence-electron chi connectivity index (χ2n) is 3.14. The first-order chi connectivity index (χ1) is 7.24. The number of aliphatic hydroxyl groups is 1. The predicted octanol–water partition coefficient (Wildman–Crippen LogP) is -0.0414. The Morgan fingerprint density at radius 1 is 1.53 bits per heavy atom. The number of aromatic amines is 1. The SMILES string of the molecule is COc1ccc2[nH]c(C(N)CO)nc2n1. The van der Waals surface area contributed by atoms with E-state index in [-0.39, 0.29) is 6.61 Å². The molecule has 6 nitrogen and oxygen atoms in total. The number of nitrogens with two attached hydrogens (primary N) is 1. The second-order valence-corrected chi connectivity index (χ2v) is 3.14. The Balaban J connectivity index is 2.46. The van der Waals surface area contributed by atoms with E-state index >= 15 is 0 Å². The molecular formula is C9H12N4O2. The maximum absolute atomic E-state index is 8.88. The molecule has 0 aliphatic heterocycles. The van der Waals surface area contributed by atoms with Crippen LogP contribution in [0.5, 0.6) is 5.88 Å². The third-order valence-electron chi connectivity index (χ3n) is 2.10. The van der Waals surface area contributed by atoms with Crippen molar-refractivity contribution in [3.05, 3.63) is 18.0 Å². The highest BCUT2D eigenvalue weighted by molar-refractivity contribution is 5.71. The lowest BCUT2D eigenvalue weighted by atomic mass is 10.3. The van der Waals surface area contributed by atoms with E-state index in [4.69, 9.17) is 15.6 Å². The zero-order valence-electron chi connectivity index (χ0n) is 8.27. The van der Waals surface area contributed by atoms with Crippen LogP contribution in [-0.4, -0.2) is 33.8 Å². The molecule has 2 rings (SSSR count). The highest BCUT2D eigenvalue weighted by Crippen LogP contribution is 2.16. The molecule has 0 amide bonds. The molecule has 0 radical (unpaired) electrons. The number of pyridine rings is 1. The quantitative estimate of drug-likeness (QED) is 0.657. The standard InChI is InChI=1S/C9H12N4O2/c1-15-7-3-2-6-9(12-7)13-8(11-6)5(10)4-14/h2-3,5,14H,4,10H2,1H3,(H,11,12,13). The van der Waals surface area contributed by atoms with Gasteiger partial charge in [0.2, 0.25) is 5.88 Å². The van der Waals surface area contributed by atoms with Crippen LogP contribution >= 0.6 is 0 Å². The zero-order valence-corrected chi connectivity index (χ0v) is 8.27. The fourth-order valence-corrected chi connectivity index (χ4v) is 1.27. The van der Waals surface area contributed by atoms with Crippen LogP contribution in [0.25, 0.3) is 11.2 Å². The number of nitrogens with zero attached hydrogens (tertiary/aromatic N) is 2. The van der Waals surface area contributed by atoms with E-state index in [0.717, 1.165) is 5.52 Å². The summed E-state index contributed by atoms with van der Waals surface area (Å²) in [6, 6.07) is 3.03. The summed E-state index contributed by atoms with van der Waals surface area (Å²) in [6.07, 6.45) is 0. The normalized spacial score (nSPS) is 13.0. The van der Waals surface area contributed by atoms with Crippen LogP contribution in [0.15, 0.2) is 12.1 Å². The van der Waals surface area contributed by atoms with Gasteiger partial charge in [-0.3, -0.25) is 0 Å². The number of imidazole rings is 1. The molecule has 0 saturated heterocycles. The van der Waals surface area contributed by atoms with Crippen molar-refractivity contribution in [2.24, 2.45) is 5.73 Å². The smallest absolute Gasteiger partial charge is 0.215 e. The van der Waals surface area contributed by atoms with Crippen LogP contribution in [0.1, 0.15) is 11.9 Å². The fourth-order valence-electron chi connectivity index (χ4n) is 1.27. The number of hydrogen-bond donors (Lipinski definition) is 3. The van der Waals surface area contributed by atoms with Gasteiger partial charge in [-0.25, -0.2) is 4.98 Å². The van der Waals surface area contributed by atoms with Crippen molar-refractivity contribution >= 4 is 11.2 Å². The maximum atomic E-state index is 8.88. The first-order valence-electron chi connectivity index (χ1n) is 4.51. The van der Waals surface area contributed by atoms with E-state index in [0.29, 0.717) is 17.4 Å². The lowest BCUT2D eigenvalue weighted by Crippen LogP contribution is -2.15. The van der Waals surface area contributed by atoms with E-state index in [1.54, 1.807) is 13.2 Å². The molecule has 2 aromatic heterocycles. The minimum absolute atomic E-state index is 0.156. The summed E-state index contributed by atoms with van der Waals surface area (Å²) in [5.41, 5.74) is 6.93. The minimum atomic E-state index is -0.509. The van der Waals surface area contributed by atoms with E-state index in [9.17, 15) is 0 Å². The summed E-state index contributed by atoms with van der Waals surface area (Å²) in [5, 5.41) is 8.88. The van der Waals surface area contributed by atoms with Crippen LogP contribution in [-0.2, 0) is 0 Å². The Morgan fingerprint density at radius 3 is 3.00 bits per heavy atom. The van der Waals surface area contributed by atoms with Crippen molar-refractivity contribution in [1.82, 2.24) is 15.0 Å². The lowest BCUT2D eigenvalue weighted by molar-refractivity contribution is 0.264. The zero-order chi connectivity index (χ0) is 10.8. The van der Waals surface area contributed by atoms with Crippen LogP contribution < -0.4 is 10.5 Å². The molecule has 2 heterocycles. The molecule has 6 heteroatoms. The van der Waals surface area contributed by atoms with Gasteiger partial charge in [-0.1, -0.05) is 0 Å². The monoisotopic (exact) mass is 208 g/mol. The first kappa shape index (κ1) is 9.88. The lowest BCUT2D eigenvalue weighted by Gasteiger charge is -2.01. The summed E-state index contributed by atoms with van der Waals surface area (Å²) < 4.78 is 4.97. The number of nitrogens with one attached hydrogen (secondary N) is 1. The average Bonchev–Trinajstić information content (AvgIpc) is 2.70. The predicted molar refractivity (Wildman–Crippen MR) is 54.5 cm³/mol. The number of rotatable bonds is 3. The number of hydrogen-bond acceptors (Lipinski definition) is 5. The van der Waals surface area contributed by atoms with E-state index in [2.05, 4.69) is 15.0 Å². The minimum Gasteiger partial charge on any atom is -0.481 e. The molecule has 0 aliphatic carbocycles. The largest absolute Gasteiger partial charge is 0.481 e. The van der Waals surface area contributed by atoms with Crippen LogP contribution in [0.2, 0.25) is 0 Å². The van der Waals surface area contributed by atoms with Crippen molar-refractivity contribution in [2.45, 2.75) is 6.04 Å². The van der Waals surface area contributed by atoms with Gasteiger partial charge < -0.3 is 20.6 Å². The van der Waals surface area contributed by atoms with Gasteiger partial charge in [-0.05, 0) is 6.07 Å². The van der Waals surface area contributed by atoms with Crippen molar-refractivity contribution in [2.75, 3.05) is 13.7 Å². The van der Waals surface area contributed by atoms with Gasteiger partial charge in [0.15, 0.2) is 5.65 Å². The number of aliphatic hydroxyl groups excluding tert-OH is 1. The molecular weight excluding hydrogens is 196 g/mol. The van der Waals surface area contributed by atoms with Gasteiger partial charge in [0.25, 0.3) is 0 Å². The molecule has 0 bridgehead atoms. The number of methoxy groups -OCH3 is 1. The van der Waals surface area contributed by atoms with E-state index in [1.807, 2.05) is 6.07 Å².